The molecule has 0 aliphatic carbocycles. The van der Waals surface area contributed by atoms with Crippen molar-refractivity contribution in [3.05, 3.63) is 92.8 Å². The van der Waals surface area contributed by atoms with Gasteiger partial charge < -0.3 is 5.32 Å². The van der Waals surface area contributed by atoms with Crippen LogP contribution in [0.15, 0.2) is 65.5 Å². The summed E-state index contributed by atoms with van der Waals surface area (Å²) >= 11 is 1.40. The molecule has 2 aromatic carbocycles. The van der Waals surface area contributed by atoms with Gasteiger partial charge in [0.05, 0.1) is 6.42 Å². The molecule has 0 saturated carbocycles. The summed E-state index contributed by atoms with van der Waals surface area (Å²) in [5.41, 5.74) is 3.00. The molecule has 0 aliphatic rings. The number of carbonyl (C=O) groups excluding carboxylic acids is 1. The Bertz CT molecular complexity index is 1560. The number of benzene rings is 2. The van der Waals surface area contributed by atoms with Crippen LogP contribution in [0.5, 0.6) is 0 Å². The molecular weight excluding hydrogens is 539 g/mol. The molecule has 0 spiro atoms. The van der Waals surface area contributed by atoms with Gasteiger partial charge in [-0.15, -0.1) is 0 Å². The minimum absolute atomic E-state index is 0.0154. The third-order valence-corrected chi connectivity index (χ3v) is 9.11. The molecule has 8 nitrogen and oxygen atoms in total. The molecule has 10 heteroatoms. The van der Waals surface area contributed by atoms with Gasteiger partial charge in [0.25, 0.3) is 0 Å². The molecule has 182 valence electrons. The van der Waals surface area contributed by atoms with E-state index in [-0.39, 0.29) is 26.2 Å². The van der Waals surface area contributed by atoms with Crippen molar-refractivity contribution in [3.8, 4) is 5.13 Å². The zero-order valence-corrected chi connectivity index (χ0v) is 22.2. The van der Waals surface area contributed by atoms with Gasteiger partial charge in [-0.1, -0.05) is 29.8 Å². The van der Waals surface area contributed by atoms with E-state index in [1.165, 1.54) is 11.3 Å². The molecule has 1 amide bonds. The zero-order chi connectivity index (χ0) is 24.9. The minimum Gasteiger partial charge on any atom is -0.0556 e. The van der Waals surface area contributed by atoms with E-state index in [0.717, 1.165) is 57.2 Å². The maximum absolute atomic E-state index is 12.6. The number of anilines is 1. The van der Waals surface area contributed by atoms with Gasteiger partial charge in [0.15, 0.2) is 0 Å². The summed E-state index contributed by atoms with van der Waals surface area (Å²) in [6, 6.07) is 19.3. The van der Waals surface area contributed by atoms with Gasteiger partial charge in [-0.3, -0.25) is 4.79 Å². The number of aryl methyl sites for hydroxylation is 3. The minimum atomic E-state index is -0.111. The van der Waals surface area contributed by atoms with E-state index in [1.54, 1.807) is 9.63 Å². The molecule has 5 rings (SSSR count). The second kappa shape index (κ2) is 11.1. The van der Waals surface area contributed by atoms with Crippen molar-refractivity contribution in [2.45, 2.75) is 39.0 Å². The smallest absolute Gasteiger partial charge is 0.0556 e. The second-order valence-corrected chi connectivity index (χ2v) is 11.6. The third kappa shape index (κ3) is 5.84. The summed E-state index contributed by atoms with van der Waals surface area (Å²) in [5, 5.41) is 22.1. The van der Waals surface area contributed by atoms with Crippen molar-refractivity contribution >= 4 is 47.4 Å². The fraction of sp³-hybridized carbons (Fsp3) is 0.231. The van der Waals surface area contributed by atoms with Crippen molar-refractivity contribution in [3.63, 3.8) is 0 Å². The molecule has 0 aliphatic heterocycles. The normalized spacial score (nSPS) is 11.1. The number of aromatic nitrogens is 5. The average molecular weight is 564 g/mol. The van der Waals surface area contributed by atoms with Gasteiger partial charge >= 0.3 is 154 Å². The number of hydrogen-bond acceptors (Lipinski definition) is 7. The standard InChI is InChI=1S/C26H24N6O2SSe/c1-17-7-6-8-18(15-17)16-23(33)27-22-14-13-19(28-29-22)9-2-5-12-24-30-31-26(35-24)32-25(34)20-10-3-4-11-21(20)36-32/h3-4,6-8,10-11,13-15H,2,5,9,12,16H2,1H3,(H,27,29,33). The number of unbranched alkanes of at least 4 members (excludes halogenated alkanes) is 1. The van der Waals surface area contributed by atoms with E-state index >= 15 is 0 Å². The molecule has 0 saturated heterocycles. The van der Waals surface area contributed by atoms with Crippen LogP contribution >= 0.6 is 11.3 Å². The van der Waals surface area contributed by atoms with Crippen molar-refractivity contribution in [1.82, 2.24) is 24.0 Å². The van der Waals surface area contributed by atoms with Crippen LogP contribution in [-0.4, -0.2) is 44.6 Å². The summed E-state index contributed by atoms with van der Waals surface area (Å²) in [5.74, 6) is 0.345. The van der Waals surface area contributed by atoms with Crippen LogP contribution < -0.4 is 10.9 Å². The predicted octanol–water partition coefficient (Wildman–Crippen LogP) is 3.74. The number of hydrogen-bond donors (Lipinski definition) is 1. The van der Waals surface area contributed by atoms with Gasteiger partial charge in [-0.2, -0.15) is 0 Å². The van der Waals surface area contributed by atoms with Crippen LogP contribution in [0.1, 0.15) is 34.7 Å². The monoisotopic (exact) mass is 564 g/mol. The first kappa shape index (κ1) is 24.2. The van der Waals surface area contributed by atoms with E-state index < -0.39 is 0 Å². The number of fused-ring (bicyclic) bond motifs is 1. The number of nitrogens with one attached hydrogen (secondary N) is 1. The number of carbonyl (C=O) groups is 1. The Morgan fingerprint density at radius 2 is 1.83 bits per heavy atom. The Balaban J connectivity index is 1.09. The van der Waals surface area contributed by atoms with Gasteiger partial charge in [0, 0.05) is 0 Å². The predicted molar refractivity (Wildman–Crippen MR) is 142 cm³/mol. The topological polar surface area (TPSA) is 103 Å². The quantitative estimate of drug-likeness (QED) is 0.217. The SMILES string of the molecule is Cc1cccc(CC(=O)Nc2ccc(CCCCc3nnc(-n4[se]c5ccccc5c4=O)s3)nn2)c1. The van der Waals surface area contributed by atoms with Crippen LogP contribution in [0.3, 0.4) is 0 Å². The van der Waals surface area contributed by atoms with E-state index in [0.29, 0.717) is 17.4 Å². The molecule has 0 radical (unpaired) electrons. The Labute approximate surface area is 218 Å². The Morgan fingerprint density at radius 3 is 2.64 bits per heavy atom. The fourth-order valence-corrected chi connectivity index (χ4v) is 6.94. The first-order chi connectivity index (χ1) is 17.5. The number of rotatable bonds is 9. The number of nitrogens with zero attached hydrogens (tertiary/aromatic N) is 5. The third-order valence-electron chi connectivity index (χ3n) is 5.63. The Hall–Kier alpha value is -3.46. The molecule has 3 aromatic heterocycles. The summed E-state index contributed by atoms with van der Waals surface area (Å²) in [6.07, 6.45) is 3.77. The van der Waals surface area contributed by atoms with Crippen molar-refractivity contribution < 1.29 is 4.79 Å². The second-order valence-electron chi connectivity index (χ2n) is 8.50. The van der Waals surface area contributed by atoms with Gasteiger partial charge in [-0.05, 0) is 12.5 Å². The Kier molecular flexibility index (Phi) is 7.46. The maximum Gasteiger partial charge on any atom is -0.0556 e. The van der Waals surface area contributed by atoms with Crippen LogP contribution in [0, 0.1) is 6.92 Å². The first-order valence-corrected chi connectivity index (χ1v) is 14.1. The van der Waals surface area contributed by atoms with Crippen molar-refractivity contribution in [2.24, 2.45) is 0 Å². The largest absolute Gasteiger partial charge is 0.0556 e. The summed E-state index contributed by atoms with van der Waals surface area (Å²) in [6.45, 7) is 2.01. The average Bonchev–Trinajstić information content (AvgIpc) is 3.47. The molecule has 3 heterocycles. The van der Waals surface area contributed by atoms with Crippen LogP contribution in [0.4, 0.5) is 5.82 Å². The van der Waals surface area contributed by atoms with Crippen LogP contribution in [-0.2, 0) is 24.1 Å². The molecule has 1 N–H and O–H groups in total. The van der Waals surface area contributed by atoms with E-state index in [2.05, 4.69) is 25.7 Å². The molecule has 36 heavy (non-hydrogen) atoms. The molecular formula is C26H24N6O2SSe. The molecule has 5 aromatic rings. The van der Waals surface area contributed by atoms with Gasteiger partial charge in [0.2, 0.25) is 5.91 Å². The van der Waals surface area contributed by atoms with Crippen LogP contribution in [0.2, 0.25) is 0 Å². The van der Waals surface area contributed by atoms with Crippen molar-refractivity contribution in [2.75, 3.05) is 5.32 Å². The molecule has 0 unspecified atom stereocenters. The van der Waals surface area contributed by atoms with E-state index in [1.807, 2.05) is 61.5 Å². The van der Waals surface area contributed by atoms with Crippen LogP contribution in [0.25, 0.3) is 14.8 Å². The maximum atomic E-state index is 12.6. The van der Waals surface area contributed by atoms with Gasteiger partial charge in [0.1, 0.15) is 0 Å². The van der Waals surface area contributed by atoms with Gasteiger partial charge in [-0.25, -0.2) is 0 Å². The zero-order valence-electron chi connectivity index (χ0n) is 19.7. The molecule has 0 fully saturated rings. The van der Waals surface area contributed by atoms with E-state index in [9.17, 15) is 9.59 Å². The van der Waals surface area contributed by atoms with E-state index in [4.69, 9.17) is 0 Å². The van der Waals surface area contributed by atoms with Crippen molar-refractivity contribution in [1.29, 1.82) is 0 Å². The number of amides is 1. The molecule has 0 bridgehead atoms. The molecule has 0 atom stereocenters. The summed E-state index contributed by atoms with van der Waals surface area (Å²) in [4.78, 5) is 24.9. The fourth-order valence-electron chi connectivity index (χ4n) is 3.86. The first-order valence-electron chi connectivity index (χ1n) is 11.7. The Morgan fingerprint density at radius 1 is 0.972 bits per heavy atom. The summed E-state index contributed by atoms with van der Waals surface area (Å²) in [7, 11) is 0. The summed E-state index contributed by atoms with van der Waals surface area (Å²) < 4.78 is 2.85.